The van der Waals surface area contributed by atoms with Crippen LogP contribution < -0.4 is 14.4 Å². The summed E-state index contributed by atoms with van der Waals surface area (Å²) in [7, 11) is 1.56. The number of carbonyl (C=O) groups excluding carboxylic acids is 1. The molecule has 0 bridgehead atoms. The SMILES string of the molecule is C=CCOC(=O)N1c2cc(OCCCC(=O)O)c(OC)cc2CN2CCC[C@H]2[C@@H]1OC1CCCCO1. The van der Waals surface area contributed by atoms with Gasteiger partial charge in [-0.3, -0.25) is 9.69 Å². The van der Waals surface area contributed by atoms with Crippen LogP contribution in [-0.2, 0) is 25.5 Å². The van der Waals surface area contributed by atoms with Crippen molar-refractivity contribution in [3.05, 3.63) is 30.4 Å². The van der Waals surface area contributed by atoms with Crippen molar-refractivity contribution < 1.29 is 38.4 Å². The first-order valence-electron chi connectivity index (χ1n) is 12.6. The van der Waals surface area contributed by atoms with Gasteiger partial charge in [0.05, 0.1) is 25.4 Å². The Kier molecular flexibility index (Phi) is 9.06. The number of rotatable bonds is 10. The normalized spacial score (nSPS) is 23.8. The molecule has 1 unspecified atom stereocenters. The summed E-state index contributed by atoms with van der Waals surface area (Å²) in [5.41, 5.74) is 1.51. The molecular weight excluding hydrogens is 468 g/mol. The summed E-state index contributed by atoms with van der Waals surface area (Å²) in [6, 6.07) is 3.62. The molecule has 0 radical (unpaired) electrons. The number of anilines is 1. The molecule has 10 heteroatoms. The monoisotopic (exact) mass is 504 g/mol. The zero-order chi connectivity index (χ0) is 25.5. The lowest BCUT2D eigenvalue weighted by atomic mass is 10.1. The van der Waals surface area contributed by atoms with Gasteiger partial charge in [-0.2, -0.15) is 0 Å². The Morgan fingerprint density at radius 3 is 2.81 bits per heavy atom. The molecule has 0 aromatic heterocycles. The van der Waals surface area contributed by atoms with Crippen molar-refractivity contribution in [2.45, 2.75) is 70.1 Å². The topological polar surface area (TPSA) is 107 Å². The number of hydrogen-bond acceptors (Lipinski definition) is 8. The number of hydrogen-bond donors (Lipinski definition) is 1. The predicted octanol–water partition coefficient (Wildman–Crippen LogP) is 3.92. The van der Waals surface area contributed by atoms with Gasteiger partial charge in [0, 0.05) is 25.6 Å². The second-order valence-electron chi connectivity index (χ2n) is 9.22. The van der Waals surface area contributed by atoms with Gasteiger partial charge in [-0.1, -0.05) is 12.7 Å². The first-order valence-corrected chi connectivity index (χ1v) is 12.6. The fourth-order valence-electron chi connectivity index (χ4n) is 5.05. The van der Waals surface area contributed by atoms with Gasteiger partial charge in [0.1, 0.15) is 6.61 Å². The Morgan fingerprint density at radius 1 is 1.22 bits per heavy atom. The Morgan fingerprint density at radius 2 is 2.08 bits per heavy atom. The summed E-state index contributed by atoms with van der Waals surface area (Å²) in [5.74, 6) is 0.0706. The van der Waals surface area contributed by atoms with E-state index in [9.17, 15) is 9.59 Å². The summed E-state index contributed by atoms with van der Waals surface area (Å²) in [4.78, 5) is 28.3. The van der Waals surface area contributed by atoms with Crippen LogP contribution in [0.15, 0.2) is 24.8 Å². The molecule has 0 spiro atoms. The third kappa shape index (κ3) is 6.11. The standard InChI is InChI=1S/C26H36N2O8/c1-3-12-35-26(31)28-20-16-22(33-14-7-9-23(29)30)21(32-2)15-18(20)17-27-11-6-8-19(27)25(28)36-24-10-4-5-13-34-24/h3,15-16,19,24-25H,1,4-14,17H2,2H3,(H,29,30)/t19-,24?,25-/m0/s1. The highest BCUT2D eigenvalue weighted by Gasteiger charge is 2.44. The number of amides is 1. The molecule has 10 nitrogen and oxygen atoms in total. The van der Waals surface area contributed by atoms with Crippen molar-refractivity contribution >= 4 is 17.7 Å². The predicted molar refractivity (Wildman–Crippen MR) is 131 cm³/mol. The number of nitrogens with zero attached hydrogens (tertiary/aromatic N) is 2. The van der Waals surface area contributed by atoms with Crippen molar-refractivity contribution in [2.24, 2.45) is 0 Å². The lowest BCUT2D eigenvalue weighted by Gasteiger charge is -2.38. The fraction of sp³-hybridized carbons (Fsp3) is 0.615. The van der Waals surface area contributed by atoms with Crippen LogP contribution in [0, 0.1) is 0 Å². The number of benzene rings is 1. The van der Waals surface area contributed by atoms with Crippen molar-refractivity contribution in [1.82, 2.24) is 4.90 Å². The minimum Gasteiger partial charge on any atom is -0.493 e. The summed E-state index contributed by atoms with van der Waals surface area (Å²) in [6.45, 7) is 6.08. The molecule has 1 N–H and O–H groups in total. The van der Waals surface area contributed by atoms with Crippen LogP contribution in [-0.4, -0.2) is 74.1 Å². The quantitative estimate of drug-likeness (QED) is 0.375. The van der Waals surface area contributed by atoms with Crippen LogP contribution in [0.1, 0.15) is 50.5 Å². The van der Waals surface area contributed by atoms with Crippen LogP contribution in [0.25, 0.3) is 0 Å². The van der Waals surface area contributed by atoms with E-state index in [1.54, 1.807) is 18.1 Å². The molecule has 4 rings (SSSR count). The minimum atomic E-state index is -0.880. The number of aliphatic carboxylic acids is 1. The van der Waals surface area contributed by atoms with Gasteiger partial charge < -0.3 is 28.8 Å². The molecule has 0 aliphatic carbocycles. The van der Waals surface area contributed by atoms with Gasteiger partial charge in [0.2, 0.25) is 0 Å². The fourth-order valence-corrected chi connectivity index (χ4v) is 5.05. The van der Waals surface area contributed by atoms with Crippen molar-refractivity contribution in [2.75, 3.05) is 38.4 Å². The number of fused-ring (bicyclic) bond motifs is 2. The summed E-state index contributed by atoms with van der Waals surface area (Å²) in [5, 5.41) is 8.94. The third-order valence-electron chi connectivity index (χ3n) is 6.74. The first-order chi connectivity index (χ1) is 17.5. The van der Waals surface area contributed by atoms with Crippen LogP contribution in [0.2, 0.25) is 0 Å². The van der Waals surface area contributed by atoms with E-state index in [4.69, 9.17) is 28.8 Å². The lowest BCUT2D eigenvalue weighted by Crippen LogP contribution is -2.53. The molecule has 198 valence electrons. The van der Waals surface area contributed by atoms with E-state index in [-0.39, 0.29) is 25.7 Å². The van der Waals surface area contributed by atoms with E-state index in [0.717, 1.165) is 44.2 Å². The molecule has 36 heavy (non-hydrogen) atoms. The molecule has 3 aliphatic rings. The molecule has 3 aliphatic heterocycles. The molecule has 1 amide bonds. The maximum Gasteiger partial charge on any atom is 0.416 e. The third-order valence-corrected chi connectivity index (χ3v) is 6.74. The minimum absolute atomic E-state index is 0.00119. The van der Waals surface area contributed by atoms with E-state index in [1.807, 2.05) is 6.07 Å². The van der Waals surface area contributed by atoms with Gasteiger partial charge in [-0.25, -0.2) is 9.69 Å². The van der Waals surface area contributed by atoms with E-state index in [1.165, 1.54) is 6.08 Å². The van der Waals surface area contributed by atoms with Gasteiger partial charge in [0.25, 0.3) is 0 Å². The van der Waals surface area contributed by atoms with Crippen LogP contribution in [0.5, 0.6) is 11.5 Å². The highest BCUT2D eigenvalue weighted by molar-refractivity contribution is 5.90. The second-order valence-corrected chi connectivity index (χ2v) is 9.22. The second kappa shape index (κ2) is 12.4. The molecule has 2 fully saturated rings. The lowest BCUT2D eigenvalue weighted by molar-refractivity contribution is -0.197. The summed E-state index contributed by atoms with van der Waals surface area (Å²) < 4.78 is 29.4. The molecule has 0 saturated carbocycles. The van der Waals surface area contributed by atoms with E-state index in [0.29, 0.717) is 36.8 Å². The number of carbonyl (C=O) groups is 2. The zero-order valence-corrected chi connectivity index (χ0v) is 20.9. The van der Waals surface area contributed by atoms with Gasteiger partial charge >= 0.3 is 12.1 Å². The molecule has 1 aromatic rings. The Labute approximate surface area is 211 Å². The van der Waals surface area contributed by atoms with Gasteiger partial charge in [0.15, 0.2) is 24.0 Å². The molecule has 3 heterocycles. The highest BCUT2D eigenvalue weighted by atomic mass is 16.7. The molecule has 1 aromatic carbocycles. The Bertz CT molecular complexity index is 933. The Balaban J connectivity index is 1.71. The molecule has 3 atom stereocenters. The summed E-state index contributed by atoms with van der Waals surface area (Å²) in [6.07, 6.45) is 5.00. The van der Waals surface area contributed by atoms with Crippen LogP contribution >= 0.6 is 0 Å². The number of methoxy groups -OCH3 is 1. The molecule has 2 saturated heterocycles. The van der Waals surface area contributed by atoms with Crippen LogP contribution in [0.4, 0.5) is 10.5 Å². The number of carboxylic acids is 1. The van der Waals surface area contributed by atoms with Crippen LogP contribution in [0.3, 0.4) is 0 Å². The average Bonchev–Trinajstić information content (AvgIpc) is 3.29. The molecular formula is C26H36N2O8. The zero-order valence-electron chi connectivity index (χ0n) is 20.9. The summed E-state index contributed by atoms with van der Waals surface area (Å²) >= 11 is 0. The van der Waals surface area contributed by atoms with Crippen molar-refractivity contribution in [3.8, 4) is 11.5 Å². The smallest absolute Gasteiger partial charge is 0.416 e. The number of carboxylic acid groups (broad SMARTS) is 1. The average molecular weight is 505 g/mol. The van der Waals surface area contributed by atoms with Gasteiger partial charge in [-0.15, -0.1) is 0 Å². The van der Waals surface area contributed by atoms with E-state index >= 15 is 0 Å². The maximum atomic E-state index is 13.5. The maximum absolute atomic E-state index is 13.5. The Hall–Kier alpha value is -2.82. The largest absolute Gasteiger partial charge is 0.493 e. The van der Waals surface area contributed by atoms with E-state index in [2.05, 4.69) is 11.5 Å². The van der Waals surface area contributed by atoms with Gasteiger partial charge in [-0.05, 0) is 56.7 Å². The van der Waals surface area contributed by atoms with Crippen molar-refractivity contribution in [3.63, 3.8) is 0 Å². The number of ether oxygens (including phenoxy) is 5. The highest BCUT2D eigenvalue weighted by Crippen LogP contribution is 2.42. The van der Waals surface area contributed by atoms with Crippen molar-refractivity contribution in [1.29, 1.82) is 0 Å². The van der Waals surface area contributed by atoms with E-state index < -0.39 is 24.6 Å². The first kappa shape index (κ1) is 26.2.